The van der Waals surface area contributed by atoms with E-state index >= 15 is 0 Å². The number of benzene rings is 1. The van der Waals surface area contributed by atoms with Gasteiger partial charge in [0.1, 0.15) is 0 Å². The minimum Gasteiger partial charge on any atom is -0.378 e. The molecule has 0 spiro atoms. The number of likely N-dealkylation sites (tertiary alicyclic amines) is 1. The molecule has 3 nitrogen and oxygen atoms in total. The van der Waals surface area contributed by atoms with Crippen LogP contribution in [0.3, 0.4) is 0 Å². The summed E-state index contributed by atoms with van der Waals surface area (Å²) >= 11 is 0. The molecular weight excluding hydrogens is 236 g/mol. The van der Waals surface area contributed by atoms with Crippen LogP contribution in [0.4, 0.5) is 0 Å². The van der Waals surface area contributed by atoms with Crippen molar-refractivity contribution in [3.63, 3.8) is 0 Å². The summed E-state index contributed by atoms with van der Waals surface area (Å²) in [5, 5.41) is 0. The molecule has 106 valence electrons. The van der Waals surface area contributed by atoms with Crippen molar-refractivity contribution < 1.29 is 4.74 Å². The Hall–Kier alpha value is -0.900. The van der Waals surface area contributed by atoms with E-state index in [-0.39, 0.29) is 5.60 Å². The Morgan fingerprint density at radius 2 is 2.00 bits per heavy atom. The second kappa shape index (κ2) is 7.04. The molecule has 1 unspecified atom stereocenters. The first kappa shape index (κ1) is 14.5. The average Bonchev–Trinajstić information content (AvgIpc) is 2.64. The van der Waals surface area contributed by atoms with Crippen LogP contribution < -0.4 is 5.73 Å². The van der Waals surface area contributed by atoms with Crippen LogP contribution in [0.25, 0.3) is 0 Å². The van der Waals surface area contributed by atoms with E-state index in [0.717, 1.165) is 38.9 Å². The predicted octanol–water partition coefficient (Wildman–Crippen LogP) is 2.41. The third kappa shape index (κ3) is 4.03. The average molecular weight is 262 g/mol. The normalized spacial score (nSPS) is 25.2. The molecule has 1 saturated heterocycles. The zero-order valence-corrected chi connectivity index (χ0v) is 12.0. The minimum absolute atomic E-state index is 0.0141. The Kier molecular flexibility index (Phi) is 5.37. The lowest BCUT2D eigenvalue weighted by Crippen LogP contribution is -2.35. The molecule has 3 heteroatoms. The Labute approximate surface area is 116 Å². The van der Waals surface area contributed by atoms with Crippen molar-refractivity contribution in [3.8, 4) is 0 Å². The highest BCUT2D eigenvalue weighted by Gasteiger charge is 2.31. The number of hydrogen-bond acceptors (Lipinski definition) is 3. The van der Waals surface area contributed by atoms with Gasteiger partial charge in [0.25, 0.3) is 0 Å². The molecule has 1 atom stereocenters. The summed E-state index contributed by atoms with van der Waals surface area (Å²) in [4.78, 5) is 2.53. The first-order valence-corrected chi connectivity index (χ1v) is 7.29. The van der Waals surface area contributed by atoms with Gasteiger partial charge in [-0.05, 0) is 44.3 Å². The predicted molar refractivity (Wildman–Crippen MR) is 79.0 cm³/mol. The molecule has 19 heavy (non-hydrogen) atoms. The second-order valence-corrected chi connectivity index (χ2v) is 5.54. The van der Waals surface area contributed by atoms with Crippen molar-refractivity contribution >= 4 is 0 Å². The van der Waals surface area contributed by atoms with Gasteiger partial charge < -0.3 is 10.5 Å². The summed E-state index contributed by atoms with van der Waals surface area (Å²) in [6.45, 7) is 4.02. The molecule has 1 fully saturated rings. The van der Waals surface area contributed by atoms with Crippen LogP contribution in [0.15, 0.2) is 30.3 Å². The first-order chi connectivity index (χ1) is 9.28. The van der Waals surface area contributed by atoms with Crippen LogP contribution in [-0.2, 0) is 11.3 Å². The number of hydrogen-bond donors (Lipinski definition) is 1. The van der Waals surface area contributed by atoms with Crippen molar-refractivity contribution in [1.82, 2.24) is 4.90 Å². The second-order valence-electron chi connectivity index (χ2n) is 5.54. The zero-order chi connectivity index (χ0) is 13.6. The van der Waals surface area contributed by atoms with Crippen LogP contribution in [0.1, 0.15) is 31.2 Å². The number of rotatable bonds is 5. The van der Waals surface area contributed by atoms with Crippen LogP contribution in [-0.4, -0.2) is 37.2 Å². The maximum atomic E-state index is 5.79. The van der Waals surface area contributed by atoms with Crippen molar-refractivity contribution in [3.05, 3.63) is 35.9 Å². The summed E-state index contributed by atoms with van der Waals surface area (Å²) in [6, 6.07) is 10.7. The van der Waals surface area contributed by atoms with Gasteiger partial charge in [0.2, 0.25) is 0 Å². The Bertz CT molecular complexity index is 368. The molecule has 0 aliphatic carbocycles. The lowest BCUT2D eigenvalue weighted by Gasteiger charge is -2.31. The smallest absolute Gasteiger partial charge is 0.0703 e. The third-order valence-electron chi connectivity index (χ3n) is 4.27. The molecule has 0 bridgehead atoms. The largest absolute Gasteiger partial charge is 0.378 e. The van der Waals surface area contributed by atoms with Gasteiger partial charge in [0.05, 0.1) is 5.60 Å². The molecule has 1 heterocycles. The van der Waals surface area contributed by atoms with Gasteiger partial charge in [-0.3, -0.25) is 4.90 Å². The number of nitrogens with zero attached hydrogens (tertiary/aromatic N) is 1. The molecule has 1 aliphatic heterocycles. The van der Waals surface area contributed by atoms with E-state index < -0.39 is 0 Å². The van der Waals surface area contributed by atoms with Gasteiger partial charge in [-0.2, -0.15) is 0 Å². The minimum atomic E-state index is 0.0141. The van der Waals surface area contributed by atoms with E-state index in [0.29, 0.717) is 6.54 Å². The molecule has 1 aliphatic rings. The van der Waals surface area contributed by atoms with Gasteiger partial charge in [-0.25, -0.2) is 0 Å². The molecule has 0 saturated carbocycles. The van der Waals surface area contributed by atoms with Crippen molar-refractivity contribution in [2.45, 2.75) is 37.8 Å². The fourth-order valence-electron chi connectivity index (χ4n) is 3.04. The van der Waals surface area contributed by atoms with Gasteiger partial charge in [0, 0.05) is 20.2 Å². The fraction of sp³-hybridized carbons (Fsp3) is 0.625. The summed E-state index contributed by atoms with van der Waals surface area (Å²) in [5.74, 6) is 0. The molecule has 1 aromatic carbocycles. The van der Waals surface area contributed by atoms with E-state index in [9.17, 15) is 0 Å². The van der Waals surface area contributed by atoms with Crippen LogP contribution in [0, 0.1) is 0 Å². The maximum Gasteiger partial charge on any atom is 0.0703 e. The van der Waals surface area contributed by atoms with E-state index in [2.05, 4.69) is 35.2 Å². The van der Waals surface area contributed by atoms with E-state index in [1.165, 1.54) is 12.0 Å². The highest BCUT2D eigenvalue weighted by Crippen LogP contribution is 2.29. The summed E-state index contributed by atoms with van der Waals surface area (Å²) in [6.07, 6.45) is 4.39. The Morgan fingerprint density at radius 1 is 1.21 bits per heavy atom. The van der Waals surface area contributed by atoms with Crippen molar-refractivity contribution in [2.24, 2.45) is 5.73 Å². The topological polar surface area (TPSA) is 38.5 Å². The summed E-state index contributed by atoms with van der Waals surface area (Å²) in [5.41, 5.74) is 7.14. The molecule has 0 amide bonds. The number of ether oxygens (including phenoxy) is 1. The summed E-state index contributed by atoms with van der Waals surface area (Å²) in [7, 11) is 1.84. The lowest BCUT2D eigenvalue weighted by atomic mass is 9.91. The number of methoxy groups -OCH3 is 1. The highest BCUT2D eigenvalue weighted by atomic mass is 16.5. The quantitative estimate of drug-likeness (QED) is 0.885. The molecule has 0 radical (unpaired) electrons. The van der Waals surface area contributed by atoms with Crippen LogP contribution >= 0.6 is 0 Å². The molecule has 0 aromatic heterocycles. The first-order valence-electron chi connectivity index (χ1n) is 7.29. The fourth-order valence-corrected chi connectivity index (χ4v) is 3.04. The van der Waals surface area contributed by atoms with Gasteiger partial charge in [-0.15, -0.1) is 0 Å². The van der Waals surface area contributed by atoms with Gasteiger partial charge in [0.15, 0.2) is 0 Å². The molecule has 1 aromatic rings. The standard InChI is InChI=1S/C16H26N2O/c1-19-16(9-11-17)8-5-12-18(13-10-16)14-15-6-3-2-4-7-15/h2-4,6-7H,5,8-14,17H2,1H3. The number of nitrogens with two attached hydrogens (primary N) is 1. The van der Waals surface area contributed by atoms with Crippen LogP contribution in [0.5, 0.6) is 0 Å². The highest BCUT2D eigenvalue weighted by molar-refractivity contribution is 5.14. The molecule has 2 N–H and O–H groups in total. The summed E-state index contributed by atoms with van der Waals surface area (Å²) < 4.78 is 5.79. The molecule has 2 rings (SSSR count). The lowest BCUT2D eigenvalue weighted by molar-refractivity contribution is -0.0269. The zero-order valence-electron chi connectivity index (χ0n) is 12.0. The maximum absolute atomic E-state index is 5.79. The Balaban J connectivity index is 1.93. The Morgan fingerprint density at radius 3 is 2.68 bits per heavy atom. The third-order valence-corrected chi connectivity index (χ3v) is 4.27. The van der Waals surface area contributed by atoms with E-state index in [1.54, 1.807) is 0 Å². The van der Waals surface area contributed by atoms with E-state index in [1.807, 2.05) is 7.11 Å². The van der Waals surface area contributed by atoms with Gasteiger partial charge in [-0.1, -0.05) is 30.3 Å². The molecular formula is C16H26N2O. The van der Waals surface area contributed by atoms with Crippen molar-refractivity contribution in [2.75, 3.05) is 26.7 Å². The van der Waals surface area contributed by atoms with Crippen LogP contribution in [0.2, 0.25) is 0 Å². The van der Waals surface area contributed by atoms with E-state index in [4.69, 9.17) is 10.5 Å². The monoisotopic (exact) mass is 262 g/mol. The van der Waals surface area contributed by atoms with Crippen molar-refractivity contribution in [1.29, 1.82) is 0 Å². The van der Waals surface area contributed by atoms with Gasteiger partial charge >= 0.3 is 0 Å². The SMILES string of the molecule is COC1(CCN)CCCN(Cc2ccccc2)CC1.